The number of benzene rings is 1. The quantitative estimate of drug-likeness (QED) is 0.782. The molecule has 0 aromatic heterocycles. The first-order valence-corrected chi connectivity index (χ1v) is 7.75. The van der Waals surface area contributed by atoms with Gasteiger partial charge in [-0.3, -0.25) is 0 Å². The molecule has 0 bridgehead atoms. The van der Waals surface area contributed by atoms with Gasteiger partial charge in [-0.1, -0.05) is 36.4 Å². The Morgan fingerprint density at radius 2 is 2.17 bits per heavy atom. The van der Waals surface area contributed by atoms with Gasteiger partial charge >= 0.3 is 5.97 Å². The first-order valence-electron chi connectivity index (χ1n) is 7.75. The SMILES string of the molecule is C=CC(C1CCOC(C)(C)O1)C(OCc1ccccc1)C(=O)O. The van der Waals surface area contributed by atoms with Crippen molar-refractivity contribution >= 4 is 5.97 Å². The summed E-state index contributed by atoms with van der Waals surface area (Å²) in [6.07, 6.45) is 0.911. The lowest BCUT2D eigenvalue weighted by Gasteiger charge is -2.40. The lowest BCUT2D eigenvalue weighted by molar-refractivity contribution is -0.284. The van der Waals surface area contributed by atoms with Gasteiger partial charge in [0.2, 0.25) is 0 Å². The lowest BCUT2D eigenvalue weighted by atomic mass is 9.92. The van der Waals surface area contributed by atoms with E-state index >= 15 is 0 Å². The van der Waals surface area contributed by atoms with Gasteiger partial charge in [0.05, 0.1) is 19.3 Å². The summed E-state index contributed by atoms with van der Waals surface area (Å²) in [4.78, 5) is 11.7. The standard InChI is InChI=1S/C18H24O5/c1-4-14(15-10-11-22-18(2,3)23-15)16(17(19)20)21-12-13-8-6-5-7-9-13/h4-9,14-16H,1,10-12H2,2-3H3,(H,19,20). The van der Waals surface area contributed by atoms with E-state index in [0.29, 0.717) is 13.0 Å². The van der Waals surface area contributed by atoms with Gasteiger partial charge in [0, 0.05) is 5.92 Å². The van der Waals surface area contributed by atoms with Gasteiger partial charge in [-0.2, -0.15) is 0 Å². The third-order valence-electron chi connectivity index (χ3n) is 3.85. The van der Waals surface area contributed by atoms with Crippen molar-refractivity contribution in [1.82, 2.24) is 0 Å². The fourth-order valence-corrected chi connectivity index (χ4v) is 2.73. The van der Waals surface area contributed by atoms with Crippen LogP contribution in [0.4, 0.5) is 0 Å². The van der Waals surface area contributed by atoms with Gasteiger partial charge in [-0.15, -0.1) is 6.58 Å². The van der Waals surface area contributed by atoms with Crippen LogP contribution in [0.5, 0.6) is 0 Å². The van der Waals surface area contributed by atoms with Crippen molar-refractivity contribution in [2.24, 2.45) is 5.92 Å². The highest BCUT2D eigenvalue weighted by Gasteiger charge is 2.39. The van der Waals surface area contributed by atoms with E-state index in [-0.39, 0.29) is 12.7 Å². The fraction of sp³-hybridized carbons (Fsp3) is 0.500. The third kappa shape index (κ3) is 4.89. The second-order valence-corrected chi connectivity index (χ2v) is 6.06. The minimum Gasteiger partial charge on any atom is -0.479 e. The lowest BCUT2D eigenvalue weighted by Crippen LogP contribution is -2.47. The summed E-state index contributed by atoms with van der Waals surface area (Å²) >= 11 is 0. The van der Waals surface area contributed by atoms with Crippen molar-refractivity contribution in [2.75, 3.05) is 6.61 Å². The second kappa shape index (κ2) is 7.73. The van der Waals surface area contributed by atoms with Crippen LogP contribution in [0.3, 0.4) is 0 Å². The number of carboxylic acid groups (broad SMARTS) is 1. The Kier molecular flexibility index (Phi) is 5.93. The van der Waals surface area contributed by atoms with Crippen molar-refractivity contribution in [3.63, 3.8) is 0 Å². The van der Waals surface area contributed by atoms with Crippen LogP contribution >= 0.6 is 0 Å². The molecule has 5 heteroatoms. The molecule has 3 unspecified atom stereocenters. The van der Waals surface area contributed by atoms with E-state index in [1.165, 1.54) is 0 Å². The molecule has 1 aliphatic heterocycles. The maximum Gasteiger partial charge on any atom is 0.333 e. The molecule has 1 aliphatic rings. The summed E-state index contributed by atoms with van der Waals surface area (Å²) < 4.78 is 17.1. The predicted octanol–water partition coefficient (Wildman–Crippen LogP) is 3.00. The molecule has 3 atom stereocenters. The number of ether oxygens (including phenoxy) is 3. The van der Waals surface area contributed by atoms with E-state index in [4.69, 9.17) is 14.2 Å². The van der Waals surface area contributed by atoms with Crippen molar-refractivity contribution in [3.8, 4) is 0 Å². The zero-order valence-electron chi connectivity index (χ0n) is 13.6. The smallest absolute Gasteiger partial charge is 0.333 e. The highest BCUT2D eigenvalue weighted by Crippen LogP contribution is 2.30. The Morgan fingerprint density at radius 1 is 1.48 bits per heavy atom. The Balaban J connectivity index is 2.07. The molecule has 1 fully saturated rings. The molecule has 0 saturated carbocycles. The van der Waals surface area contributed by atoms with E-state index in [9.17, 15) is 9.90 Å². The van der Waals surface area contributed by atoms with Gasteiger partial charge < -0.3 is 19.3 Å². The summed E-state index contributed by atoms with van der Waals surface area (Å²) in [5.41, 5.74) is 0.926. The van der Waals surface area contributed by atoms with Gasteiger partial charge in [0.25, 0.3) is 0 Å². The van der Waals surface area contributed by atoms with Crippen LogP contribution in [0.1, 0.15) is 25.8 Å². The molecule has 1 heterocycles. The summed E-state index contributed by atoms with van der Waals surface area (Å²) in [5, 5.41) is 9.55. The van der Waals surface area contributed by atoms with E-state index in [0.717, 1.165) is 5.56 Å². The average Bonchev–Trinajstić information content (AvgIpc) is 2.51. The van der Waals surface area contributed by atoms with Crippen LogP contribution in [0.25, 0.3) is 0 Å². The van der Waals surface area contributed by atoms with E-state index in [1.54, 1.807) is 6.08 Å². The van der Waals surface area contributed by atoms with E-state index in [2.05, 4.69) is 6.58 Å². The molecule has 0 amide bonds. The normalized spacial score (nSPS) is 23.0. The van der Waals surface area contributed by atoms with Gasteiger partial charge in [-0.25, -0.2) is 4.79 Å². The van der Waals surface area contributed by atoms with E-state index in [1.807, 2.05) is 44.2 Å². The highest BCUT2D eigenvalue weighted by atomic mass is 16.7. The average molecular weight is 320 g/mol. The number of hydrogen-bond donors (Lipinski definition) is 1. The Bertz CT molecular complexity index is 525. The second-order valence-electron chi connectivity index (χ2n) is 6.06. The maximum absolute atomic E-state index is 11.7. The van der Waals surface area contributed by atoms with Crippen molar-refractivity contribution < 1.29 is 24.1 Å². The predicted molar refractivity (Wildman–Crippen MR) is 85.9 cm³/mol. The Labute approximate surface area is 136 Å². The molecular formula is C18H24O5. The van der Waals surface area contributed by atoms with Crippen molar-refractivity contribution in [2.45, 2.75) is 44.9 Å². The van der Waals surface area contributed by atoms with Crippen LogP contribution in [-0.4, -0.2) is 35.7 Å². The molecule has 1 aromatic rings. The largest absolute Gasteiger partial charge is 0.479 e. The van der Waals surface area contributed by atoms with Gasteiger partial charge in [-0.05, 0) is 25.8 Å². The van der Waals surface area contributed by atoms with Gasteiger partial charge in [0.1, 0.15) is 0 Å². The van der Waals surface area contributed by atoms with Crippen LogP contribution < -0.4 is 0 Å². The van der Waals surface area contributed by atoms with Crippen molar-refractivity contribution in [1.29, 1.82) is 0 Å². The number of rotatable bonds is 7. The monoisotopic (exact) mass is 320 g/mol. The molecule has 1 saturated heterocycles. The molecule has 1 aromatic carbocycles. The molecule has 0 aliphatic carbocycles. The zero-order valence-corrected chi connectivity index (χ0v) is 13.6. The third-order valence-corrected chi connectivity index (χ3v) is 3.85. The molecule has 0 spiro atoms. The fourth-order valence-electron chi connectivity index (χ4n) is 2.73. The summed E-state index contributed by atoms with van der Waals surface area (Å²) in [7, 11) is 0. The zero-order chi connectivity index (χ0) is 16.9. The molecule has 23 heavy (non-hydrogen) atoms. The molecule has 0 radical (unpaired) electrons. The van der Waals surface area contributed by atoms with Crippen LogP contribution in [0, 0.1) is 5.92 Å². The van der Waals surface area contributed by atoms with E-state index < -0.39 is 23.8 Å². The first-order chi connectivity index (χ1) is 10.9. The molecular weight excluding hydrogens is 296 g/mol. The summed E-state index contributed by atoms with van der Waals surface area (Å²) in [6, 6.07) is 9.49. The van der Waals surface area contributed by atoms with Crippen LogP contribution in [0.15, 0.2) is 43.0 Å². The molecule has 5 nitrogen and oxygen atoms in total. The topological polar surface area (TPSA) is 65.0 Å². The maximum atomic E-state index is 11.7. The molecule has 2 rings (SSSR count). The van der Waals surface area contributed by atoms with Gasteiger partial charge in [0.15, 0.2) is 11.9 Å². The van der Waals surface area contributed by atoms with Crippen molar-refractivity contribution in [3.05, 3.63) is 48.6 Å². The minimum atomic E-state index is -1.02. The number of carboxylic acids is 1. The summed E-state index contributed by atoms with van der Waals surface area (Å²) in [6.45, 7) is 8.17. The number of carbonyl (C=O) groups is 1. The molecule has 126 valence electrons. The summed E-state index contributed by atoms with van der Waals surface area (Å²) in [5.74, 6) is -2.19. The Morgan fingerprint density at radius 3 is 2.74 bits per heavy atom. The highest BCUT2D eigenvalue weighted by molar-refractivity contribution is 5.73. The molecule has 1 N–H and O–H groups in total. The Hall–Kier alpha value is -1.69. The number of hydrogen-bond acceptors (Lipinski definition) is 4. The minimum absolute atomic E-state index is 0.231. The first kappa shape index (κ1) is 17.7. The van der Waals surface area contributed by atoms with Crippen LogP contribution in [-0.2, 0) is 25.6 Å². The van der Waals surface area contributed by atoms with Crippen LogP contribution in [0.2, 0.25) is 0 Å². The number of aliphatic carboxylic acids is 1.